The van der Waals surface area contributed by atoms with Gasteiger partial charge in [0.2, 0.25) is 5.91 Å². The molecule has 2 N–H and O–H groups in total. The van der Waals surface area contributed by atoms with Crippen molar-refractivity contribution in [3.8, 4) is 0 Å². The molecule has 1 amide bonds. The highest BCUT2D eigenvalue weighted by molar-refractivity contribution is 5.96. The van der Waals surface area contributed by atoms with Gasteiger partial charge >= 0.3 is 0 Å². The number of nitrogens with zero attached hydrogens (tertiary/aromatic N) is 2. The Morgan fingerprint density at radius 3 is 2.67 bits per heavy atom. The normalized spacial score (nSPS) is 12.6. The number of pyridine rings is 1. The van der Waals surface area contributed by atoms with Gasteiger partial charge in [0.05, 0.1) is 17.9 Å². The molecule has 1 aromatic heterocycles. The summed E-state index contributed by atoms with van der Waals surface area (Å²) in [6.07, 6.45) is 3.31. The van der Waals surface area contributed by atoms with E-state index in [1.54, 1.807) is 25.5 Å². The van der Waals surface area contributed by atoms with Crippen molar-refractivity contribution < 1.29 is 4.79 Å². The van der Waals surface area contributed by atoms with Gasteiger partial charge in [-0.15, -0.1) is 0 Å². The second kappa shape index (κ2) is 4.89. The highest BCUT2D eigenvalue weighted by Crippen LogP contribution is 2.12. The van der Waals surface area contributed by atoms with Crippen LogP contribution in [-0.4, -0.2) is 24.0 Å². The minimum atomic E-state index is -0.463. The summed E-state index contributed by atoms with van der Waals surface area (Å²) in [6.45, 7) is 3.86. The van der Waals surface area contributed by atoms with Crippen molar-refractivity contribution in [3.63, 3.8) is 0 Å². The number of hydrogen-bond acceptors (Lipinski definition) is 3. The summed E-state index contributed by atoms with van der Waals surface area (Å²) in [7, 11) is 1.71. The highest BCUT2D eigenvalue weighted by atomic mass is 16.2. The summed E-state index contributed by atoms with van der Waals surface area (Å²) >= 11 is 0. The van der Waals surface area contributed by atoms with Crippen LogP contribution in [0.2, 0.25) is 0 Å². The molecule has 0 radical (unpaired) electrons. The van der Waals surface area contributed by atoms with Crippen molar-refractivity contribution >= 4 is 11.6 Å². The van der Waals surface area contributed by atoms with Gasteiger partial charge in [0.15, 0.2) is 0 Å². The first kappa shape index (κ1) is 11.7. The zero-order valence-electron chi connectivity index (χ0n) is 9.34. The van der Waals surface area contributed by atoms with Crippen LogP contribution in [0.15, 0.2) is 24.5 Å². The zero-order valence-corrected chi connectivity index (χ0v) is 9.34. The van der Waals surface area contributed by atoms with Gasteiger partial charge in [-0.25, -0.2) is 0 Å². The summed E-state index contributed by atoms with van der Waals surface area (Å²) in [4.78, 5) is 17.4. The van der Waals surface area contributed by atoms with Crippen molar-refractivity contribution in [2.45, 2.75) is 19.9 Å². The molecular formula is C11H17N3O. The molecule has 15 heavy (non-hydrogen) atoms. The molecule has 0 aliphatic carbocycles. The summed E-state index contributed by atoms with van der Waals surface area (Å²) in [5.74, 6) is 0.0506. The molecule has 0 aromatic carbocycles. The lowest BCUT2D eigenvalue weighted by Crippen LogP contribution is -2.45. The number of anilines is 1. The molecule has 4 nitrogen and oxygen atoms in total. The summed E-state index contributed by atoms with van der Waals surface area (Å²) < 4.78 is 0. The van der Waals surface area contributed by atoms with Crippen molar-refractivity contribution in [1.29, 1.82) is 0 Å². The van der Waals surface area contributed by atoms with Crippen LogP contribution in [0.4, 0.5) is 5.69 Å². The zero-order chi connectivity index (χ0) is 11.4. The SMILES string of the molecule is CC(C)C(N)C(=O)N(C)c1cccnc1. The van der Waals surface area contributed by atoms with Crippen LogP contribution in [0.25, 0.3) is 0 Å². The number of nitrogens with two attached hydrogens (primary N) is 1. The second-order valence-electron chi connectivity index (χ2n) is 3.88. The molecule has 4 heteroatoms. The predicted octanol–water partition coefficient (Wildman–Crippen LogP) is 1.03. The van der Waals surface area contributed by atoms with Crippen LogP contribution in [0.3, 0.4) is 0 Å². The molecule has 82 valence electrons. The van der Waals surface area contributed by atoms with Crippen LogP contribution in [0.5, 0.6) is 0 Å². The molecule has 0 aliphatic heterocycles. The lowest BCUT2D eigenvalue weighted by Gasteiger charge is -2.23. The highest BCUT2D eigenvalue weighted by Gasteiger charge is 2.21. The van der Waals surface area contributed by atoms with E-state index >= 15 is 0 Å². The van der Waals surface area contributed by atoms with Gasteiger partial charge in [-0.05, 0) is 18.1 Å². The first-order chi connectivity index (χ1) is 7.04. The van der Waals surface area contributed by atoms with Crippen LogP contribution < -0.4 is 10.6 Å². The Balaban J connectivity index is 2.78. The fourth-order valence-corrected chi connectivity index (χ4v) is 1.19. The number of likely N-dealkylation sites (N-methyl/N-ethyl adjacent to an activating group) is 1. The van der Waals surface area contributed by atoms with Gasteiger partial charge in [-0.1, -0.05) is 13.8 Å². The summed E-state index contributed by atoms with van der Waals surface area (Å²) in [5.41, 5.74) is 6.55. The second-order valence-corrected chi connectivity index (χ2v) is 3.88. The van der Waals surface area contributed by atoms with Crippen molar-refractivity contribution in [1.82, 2.24) is 4.98 Å². The monoisotopic (exact) mass is 207 g/mol. The molecule has 1 rings (SSSR count). The van der Waals surface area contributed by atoms with E-state index in [1.165, 1.54) is 4.90 Å². The average Bonchev–Trinajstić information content (AvgIpc) is 2.27. The van der Waals surface area contributed by atoms with Gasteiger partial charge in [0.1, 0.15) is 0 Å². The fraction of sp³-hybridized carbons (Fsp3) is 0.455. The molecule has 0 spiro atoms. The van der Waals surface area contributed by atoms with Gasteiger partial charge in [0.25, 0.3) is 0 Å². The quantitative estimate of drug-likeness (QED) is 0.805. The number of hydrogen-bond donors (Lipinski definition) is 1. The van der Waals surface area contributed by atoms with Crippen LogP contribution in [0.1, 0.15) is 13.8 Å². The maximum atomic E-state index is 11.9. The van der Waals surface area contributed by atoms with E-state index in [9.17, 15) is 4.79 Å². The third-order valence-electron chi connectivity index (χ3n) is 2.37. The van der Waals surface area contributed by atoms with Gasteiger partial charge < -0.3 is 10.6 Å². The van der Waals surface area contributed by atoms with E-state index in [-0.39, 0.29) is 11.8 Å². The smallest absolute Gasteiger partial charge is 0.243 e. The molecule has 0 saturated heterocycles. The Bertz CT molecular complexity index is 324. The Kier molecular flexibility index (Phi) is 3.80. The van der Waals surface area contributed by atoms with Crippen LogP contribution in [-0.2, 0) is 4.79 Å². The van der Waals surface area contributed by atoms with E-state index in [1.807, 2.05) is 19.9 Å². The Hall–Kier alpha value is -1.42. The van der Waals surface area contributed by atoms with Crippen molar-refractivity contribution in [3.05, 3.63) is 24.5 Å². The van der Waals surface area contributed by atoms with Gasteiger partial charge in [-0.3, -0.25) is 9.78 Å². The fourth-order valence-electron chi connectivity index (χ4n) is 1.19. The van der Waals surface area contributed by atoms with Gasteiger partial charge in [-0.2, -0.15) is 0 Å². The molecule has 0 saturated carbocycles. The summed E-state index contributed by atoms with van der Waals surface area (Å²) in [6, 6.07) is 3.16. The Morgan fingerprint density at radius 2 is 2.20 bits per heavy atom. The van der Waals surface area contributed by atoms with E-state index in [0.29, 0.717) is 0 Å². The minimum Gasteiger partial charge on any atom is -0.320 e. The molecule has 0 fully saturated rings. The topological polar surface area (TPSA) is 59.2 Å². The largest absolute Gasteiger partial charge is 0.320 e. The summed E-state index contributed by atoms with van der Waals surface area (Å²) in [5, 5.41) is 0. The Morgan fingerprint density at radius 1 is 1.53 bits per heavy atom. The maximum absolute atomic E-state index is 11.9. The molecule has 1 unspecified atom stereocenters. The third kappa shape index (κ3) is 2.76. The van der Waals surface area contributed by atoms with E-state index in [4.69, 9.17) is 5.73 Å². The Labute approximate surface area is 90.1 Å². The van der Waals surface area contributed by atoms with E-state index < -0.39 is 6.04 Å². The minimum absolute atomic E-state index is 0.0852. The number of carbonyl (C=O) groups is 1. The number of rotatable bonds is 3. The van der Waals surface area contributed by atoms with Gasteiger partial charge in [0, 0.05) is 13.2 Å². The molecular weight excluding hydrogens is 190 g/mol. The number of carbonyl (C=O) groups excluding carboxylic acids is 1. The third-order valence-corrected chi connectivity index (χ3v) is 2.37. The van der Waals surface area contributed by atoms with Crippen LogP contribution in [0, 0.1) is 5.92 Å². The first-order valence-electron chi connectivity index (χ1n) is 4.97. The number of amides is 1. The predicted molar refractivity (Wildman–Crippen MR) is 60.5 cm³/mol. The number of aromatic nitrogens is 1. The maximum Gasteiger partial charge on any atom is 0.243 e. The molecule has 1 aromatic rings. The molecule has 1 heterocycles. The molecule has 0 aliphatic rings. The van der Waals surface area contributed by atoms with Crippen molar-refractivity contribution in [2.24, 2.45) is 11.7 Å². The van der Waals surface area contributed by atoms with E-state index in [0.717, 1.165) is 5.69 Å². The average molecular weight is 207 g/mol. The van der Waals surface area contributed by atoms with E-state index in [2.05, 4.69) is 4.98 Å². The first-order valence-corrected chi connectivity index (χ1v) is 4.97. The standard InChI is InChI=1S/C11H17N3O/c1-8(2)10(12)11(15)14(3)9-5-4-6-13-7-9/h4-8,10H,12H2,1-3H3. The molecule has 0 bridgehead atoms. The lowest BCUT2D eigenvalue weighted by molar-refractivity contribution is -0.120. The van der Waals surface area contributed by atoms with Crippen LogP contribution >= 0.6 is 0 Å². The van der Waals surface area contributed by atoms with Crippen molar-refractivity contribution in [2.75, 3.05) is 11.9 Å². The molecule has 1 atom stereocenters. The lowest BCUT2D eigenvalue weighted by atomic mass is 10.0.